The van der Waals surface area contributed by atoms with Crippen molar-refractivity contribution in [2.75, 3.05) is 4.31 Å². The molecule has 4 rings (SSSR count). The first kappa shape index (κ1) is 24.6. The zero-order valence-corrected chi connectivity index (χ0v) is 20.8. The first-order chi connectivity index (χ1) is 16.6. The van der Waals surface area contributed by atoms with E-state index in [1.54, 1.807) is 13.0 Å². The molecular weight excluding hydrogens is 466 g/mol. The minimum atomic E-state index is -3.94. The van der Waals surface area contributed by atoms with Crippen LogP contribution in [0.15, 0.2) is 64.1 Å². The van der Waals surface area contributed by atoms with Gasteiger partial charge in [0.1, 0.15) is 18.1 Å². The van der Waals surface area contributed by atoms with Gasteiger partial charge in [-0.25, -0.2) is 4.79 Å². The van der Waals surface area contributed by atoms with Crippen LogP contribution in [-0.4, -0.2) is 25.5 Å². The molecule has 0 radical (unpaired) electrons. The van der Waals surface area contributed by atoms with E-state index < -0.39 is 16.0 Å². The second kappa shape index (κ2) is 10.00. The van der Waals surface area contributed by atoms with Gasteiger partial charge in [0.15, 0.2) is 0 Å². The van der Waals surface area contributed by atoms with E-state index in [2.05, 4.69) is 0 Å². The molecule has 1 aromatic heterocycles. The average Bonchev–Trinajstić information content (AvgIpc) is 3.45. The molecule has 0 bridgehead atoms. The minimum Gasteiger partial charge on any atom is -0.487 e. The summed E-state index contributed by atoms with van der Waals surface area (Å²) in [7, 11) is -3.94. The maximum absolute atomic E-state index is 13.6. The van der Waals surface area contributed by atoms with Crippen LogP contribution in [0.3, 0.4) is 0 Å². The van der Waals surface area contributed by atoms with Gasteiger partial charge in [0.05, 0.1) is 5.69 Å². The van der Waals surface area contributed by atoms with Gasteiger partial charge in [0.25, 0.3) is 10.0 Å². The fraction of sp³-hybridized carbons (Fsp3) is 0.296. The lowest BCUT2D eigenvalue weighted by atomic mass is 10.1. The average molecular weight is 496 g/mol. The number of furan rings is 1. The monoisotopic (exact) mass is 495 g/mol. The Kier molecular flexibility index (Phi) is 7.03. The van der Waals surface area contributed by atoms with Crippen LogP contribution in [0.25, 0.3) is 6.08 Å². The fourth-order valence-corrected chi connectivity index (χ4v) is 5.89. The molecular formula is C27H29NO6S. The number of aryl methyl sites for hydroxylation is 3. The summed E-state index contributed by atoms with van der Waals surface area (Å²) in [6, 6.07) is 14.0. The van der Waals surface area contributed by atoms with E-state index in [0.717, 1.165) is 42.0 Å². The molecule has 1 heterocycles. The maximum atomic E-state index is 13.6. The van der Waals surface area contributed by atoms with E-state index in [4.69, 9.17) is 14.3 Å². The van der Waals surface area contributed by atoms with Crippen molar-refractivity contribution in [3.63, 3.8) is 0 Å². The highest BCUT2D eigenvalue weighted by molar-refractivity contribution is 7.92. The van der Waals surface area contributed by atoms with Crippen LogP contribution < -0.4 is 9.04 Å². The molecule has 7 nitrogen and oxygen atoms in total. The summed E-state index contributed by atoms with van der Waals surface area (Å²) >= 11 is 0. The zero-order chi connectivity index (χ0) is 25.2. The molecule has 0 aliphatic heterocycles. The van der Waals surface area contributed by atoms with Crippen molar-refractivity contribution < 1.29 is 27.5 Å². The van der Waals surface area contributed by atoms with Crippen molar-refractivity contribution in [1.29, 1.82) is 0 Å². The van der Waals surface area contributed by atoms with Crippen LogP contribution in [0.1, 0.15) is 48.3 Å². The summed E-state index contributed by atoms with van der Waals surface area (Å²) in [5, 5.41) is 8.69. The van der Waals surface area contributed by atoms with Crippen LogP contribution in [0.4, 0.5) is 5.69 Å². The lowest BCUT2D eigenvalue weighted by Crippen LogP contribution is -2.37. The molecule has 0 atom stereocenters. The summed E-state index contributed by atoms with van der Waals surface area (Å²) in [5.74, 6) is 0.0244. The van der Waals surface area contributed by atoms with Crippen molar-refractivity contribution in [2.24, 2.45) is 0 Å². The molecule has 35 heavy (non-hydrogen) atoms. The van der Waals surface area contributed by atoms with E-state index in [-0.39, 0.29) is 17.7 Å². The third kappa shape index (κ3) is 5.43. The third-order valence-electron chi connectivity index (χ3n) is 5.90. The number of sulfonamides is 1. The highest BCUT2D eigenvalue weighted by Crippen LogP contribution is 2.40. The van der Waals surface area contributed by atoms with E-state index in [1.165, 1.54) is 22.0 Å². The van der Waals surface area contributed by atoms with Crippen LogP contribution in [0.5, 0.6) is 5.75 Å². The molecule has 0 saturated heterocycles. The molecule has 2 aromatic carbocycles. The smallest absolute Gasteiger partial charge is 0.328 e. The van der Waals surface area contributed by atoms with Crippen molar-refractivity contribution in [3.05, 3.63) is 82.6 Å². The van der Waals surface area contributed by atoms with Gasteiger partial charge >= 0.3 is 5.97 Å². The van der Waals surface area contributed by atoms with Gasteiger partial charge in [0.2, 0.25) is 5.09 Å². The summed E-state index contributed by atoms with van der Waals surface area (Å²) in [4.78, 5) is 10.7. The van der Waals surface area contributed by atoms with Gasteiger partial charge < -0.3 is 14.3 Å². The standard InChI is InChI=1S/C27H29NO6S/c1-18(2)28(35(31,32)27-14-7-19(3)34-27)24-15-22-5-4-6-23(22)16-25(24)33-17-21-10-8-20(9-11-21)12-13-26(29)30/h7-16,18H,4-6,17H2,1-3H3,(H,29,30). The SMILES string of the molecule is Cc1ccc(S(=O)(=O)N(c2cc3c(cc2OCc2ccc(C=CC(=O)O)cc2)CCC3)C(C)C)o1. The number of rotatable bonds is 9. The van der Waals surface area contributed by atoms with Gasteiger partial charge in [0, 0.05) is 12.1 Å². The molecule has 184 valence electrons. The zero-order valence-electron chi connectivity index (χ0n) is 20.0. The molecule has 0 saturated carbocycles. The number of hydrogen-bond acceptors (Lipinski definition) is 5. The quantitative estimate of drug-likeness (QED) is 0.402. The van der Waals surface area contributed by atoms with Crippen LogP contribution in [0.2, 0.25) is 0 Å². The fourth-order valence-electron chi connectivity index (χ4n) is 4.26. The molecule has 0 spiro atoms. The second-order valence-corrected chi connectivity index (χ2v) is 10.6. The molecule has 1 aliphatic carbocycles. The largest absolute Gasteiger partial charge is 0.487 e. The lowest BCUT2D eigenvalue weighted by Gasteiger charge is -2.29. The summed E-state index contributed by atoms with van der Waals surface area (Å²) in [6.07, 6.45) is 5.47. The molecule has 0 fully saturated rings. The van der Waals surface area contributed by atoms with Gasteiger partial charge in [-0.3, -0.25) is 4.31 Å². The molecule has 8 heteroatoms. The third-order valence-corrected chi connectivity index (χ3v) is 7.77. The number of carboxylic acids is 1. The lowest BCUT2D eigenvalue weighted by molar-refractivity contribution is -0.131. The number of benzene rings is 2. The van der Waals surface area contributed by atoms with Crippen molar-refractivity contribution >= 4 is 27.8 Å². The van der Waals surface area contributed by atoms with Crippen molar-refractivity contribution in [2.45, 2.75) is 57.8 Å². The van der Waals surface area contributed by atoms with Gasteiger partial charge in [-0.15, -0.1) is 0 Å². The Hall–Kier alpha value is -3.52. The number of hydrogen-bond donors (Lipinski definition) is 1. The molecule has 0 unspecified atom stereocenters. The van der Waals surface area contributed by atoms with Crippen LogP contribution in [-0.2, 0) is 34.3 Å². The molecule has 1 aliphatic rings. The Bertz CT molecular complexity index is 1350. The Morgan fingerprint density at radius 3 is 2.40 bits per heavy atom. The number of anilines is 1. The topological polar surface area (TPSA) is 97.0 Å². The maximum Gasteiger partial charge on any atom is 0.328 e. The Labute approximate surface area is 205 Å². The van der Waals surface area contributed by atoms with Gasteiger partial charge in [-0.05, 0) is 92.6 Å². The Morgan fingerprint density at radius 2 is 1.80 bits per heavy atom. The number of fused-ring (bicyclic) bond motifs is 1. The first-order valence-electron chi connectivity index (χ1n) is 11.5. The number of carboxylic acid groups (broad SMARTS) is 1. The van der Waals surface area contributed by atoms with E-state index in [9.17, 15) is 13.2 Å². The second-order valence-electron chi connectivity index (χ2n) is 8.90. The van der Waals surface area contributed by atoms with Gasteiger partial charge in [-0.2, -0.15) is 8.42 Å². The van der Waals surface area contributed by atoms with Crippen molar-refractivity contribution in [1.82, 2.24) is 0 Å². The summed E-state index contributed by atoms with van der Waals surface area (Å²) in [6.45, 7) is 5.60. The summed E-state index contributed by atoms with van der Waals surface area (Å²) < 4.78 is 40.3. The summed E-state index contributed by atoms with van der Waals surface area (Å²) in [5.41, 5.74) is 4.45. The molecule has 1 N–H and O–H groups in total. The number of carbonyl (C=O) groups is 1. The number of ether oxygens (including phenoxy) is 1. The number of aliphatic carboxylic acids is 1. The van der Waals surface area contributed by atoms with E-state index >= 15 is 0 Å². The van der Waals surface area contributed by atoms with E-state index in [0.29, 0.717) is 17.2 Å². The highest BCUT2D eigenvalue weighted by atomic mass is 32.2. The predicted molar refractivity (Wildman–Crippen MR) is 134 cm³/mol. The van der Waals surface area contributed by atoms with Crippen molar-refractivity contribution in [3.8, 4) is 5.75 Å². The Balaban J connectivity index is 1.67. The van der Waals surface area contributed by atoms with Crippen LogP contribution in [0, 0.1) is 6.92 Å². The van der Waals surface area contributed by atoms with E-state index in [1.807, 2.05) is 50.2 Å². The Morgan fingerprint density at radius 1 is 1.11 bits per heavy atom. The molecule has 3 aromatic rings. The normalized spacial score (nSPS) is 13.4. The number of nitrogens with zero attached hydrogens (tertiary/aromatic N) is 1. The highest BCUT2D eigenvalue weighted by Gasteiger charge is 2.33. The first-order valence-corrected chi connectivity index (χ1v) is 13.0. The van der Waals surface area contributed by atoms with Gasteiger partial charge in [-0.1, -0.05) is 24.3 Å². The van der Waals surface area contributed by atoms with Crippen LogP contribution >= 0.6 is 0 Å². The molecule has 0 amide bonds. The minimum absolute atomic E-state index is 0.0971. The predicted octanol–water partition coefficient (Wildman–Crippen LogP) is 5.36.